The fourth-order valence-corrected chi connectivity index (χ4v) is 2.81. The molecule has 0 atom stereocenters. The second kappa shape index (κ2) is 7.14. The second-order valence-electron chi connectivity index (χ2n) is 7.07. The van der Waals surface area contributed by atoms with Crippen LogP contribution in [-0.2, 0) is 16.8 Å². The number of nitrogens with zero attached hydrogens (tertiary/aromatic N) is 1. The molecule has 1 fully saturated rings. The van der Waals surface area contributed by atoms with Crippen LogP contribution in [0.4, 0.5) is 0 Å². The molecule has 1 aromatic carbocycles. The van der Waals surface area contributed by atoms with Crippen LogP contribution in [0.5, 0.6) is 5.75 Å². The predicted molar refractivity (Wildman–Crippen MR) is 84.8 cm³/mol. The van der Waals surface area contributed by atoms with Crippen LogP contribution >= 0.6 is 0 Å². The van der Waals surface area contributed by atoms with Crippen LogP contribution in [0.2, 0.25) is 0 Å². The van der Waals surface area contributed by atoms with Crippen molar-refractivity contribution in [3.63, 3.8) is 0 Å². The number of carbonyl (C=O) groups excluding carboxylic acids is 1. The summed E-state index contributed by atoms with van der Waals surface area (Å²) in [4.78, 5) is 13.1. The van der Waals surface area contributed by atoms with Crippen molar-refractivity contribution in [3.05, 3.63) is 29.3 Å². The van der Waals surface area contributed by atoms with Crippen molar-refractivity contribution in [2.75, 3.05) is 19.7 Å². The van der Waals surface area contributed by atoms with Crippen molar-refractivity contribution in [1.82, 2.24) is 4.90 Å². The lowest BCUT2D eigenvalue weighted by molar-refractivity contribution is -0.307. The van der Waals surface area contributed by atoms with Crippen molar-refractivity contribution in [1.29, 1.82) is 0 Å². The van der Waals surface area contributed by atoms with E-state index >= 15 is 0 Å². The first-order valence-corrected chi connectivity index (χ1v) is 8.04. The van der Waals surface area contributed by atoms with Crippen LogP contribution in [0.1, 0.15) is 51.2 Å². The number of carbonyl (C=O) groups is 1. The van der Waals surface area contributed by atoms with Gasteiger partial charge in [0.1, 0.15) is 12.4 Å². The lowest BCUT2D eigenvalue weighted by atomic mass is 9.86. The Morgan fingerprint density at radius 3 is 2.50 bits per heavy atom. The first-order chi connectivity index (χ1) is 10.4. The summed E-state index contributed by atoms with van der Waals surface area (Å²) < 4.78 is 5.42. The van der Waals surface area contributed by atoms with Crippen molar-refractivity contribution in [2.45, 2.75) is 52.0 Å². The van der Waals surface area contributed by atoms with Gasteiger partial charge in [-0.2, -0.15) is 0 Å². The number of rotatable bonds is 5. The zero-order valence-electron chi connectivity index (χ0n) is 13.9. The smallest absolute Gasteiger partial charge is 0.128 e. The molecule has 4 heteroatoms. The van der Waals surface area contributed by atoms with Crippen LogP contribution < -0.4 is 9.84 Å². The molecule has 0 N–H and O–H groups in total. The lowest BCUT2D eigenvalue weighted by Crippen LogP contribution is -2.31. The number of hydrogen-bond acceptors (Lipinski definition) is 4. The highest BCUT2D eigenvalue weighted by molar-refractivity contribution is 5.66. The molecule has 4 nitrogen and oxygen atoms in total. The number of benzene rings is 1. The molecule has 0 unspecified atom stereocenters. The maximum atomic E-state index is 10.7. The molecule has 0 bridgehead atoms. The zero-order chi connectivity index (χ0) is 16.2. The van der Waals surface area contributed by atoms with Gasteiger partial charge in [-0.1, -0.05) is 39.3 Å². The van der Waals surface area contributed by atoms with E-state index < -0.39 is 12.6 Å². The summed E-state index contributed by atoms with van der Waals surface area (Å²) in [5.41, 5.74) is 2.36. The van der Waals surface area contributed by atoms with Gasteiger partial charge in [-0.15, -0.1) is 0 Å². The molecule has 1 heterocycles. The highest BCUT2D eigenvalue weighted by Crippen LogP contribution is 2.29. The average molecular weight is 304 g/mol. The summed E-state index contributed by atoms with van der Waals surface area (Å²) >= 11 is 0. The monoisotopic (exact) mass is 304 g/mol. The van der Waals surface area contributed by atoms with E-state index in [0.717, 1.165) is 25.2 Å². The van der Waals surface area contributed by atoms with E-state index in [1.54, 1.807) is 0 Å². The Morgan fingerprint density at radius 1 is 1.23 bits per heavy atom. The first-order valence-electron chi connectivity index (χ1n) is 8.04. The summed E-state index contributed by atoms with van der Waals surface area (Å²) in [6.45, 7) is 9.13. The third-order valence-corrected chi connectivity index (χ3v) is 4.11. The topological polar surface area (TPSA) is 52.6 Å². The molecule has 122 valence electrons. The molecule has 0 amide bonds. The minimum Gasteiger partial charge on any atom is -0.546 e. The Kier molecular flexibility index (Phi) is 5.46. The minimum absolute atomic E-state index is 0.0591. The third kappa shape index (κ3) is 4.73. The number of carboxylic acid groups (broad SMARTS) is 1. The number of piperidine rings is 1. The number of carboxylic acids is 1. The summed E-state index contributed by atoms with van der Waals surface area (Å²) in [7, 11) is 0. The van der Waals surface area contributed by atoms with Gasteiger partial charge in [0.2, 0.25) is 0 Å². The quantitative estimate of drug-likeness (QED) is 0.836. The second-order valence-corrected chi connectivity index (χ2v) is 7.07. The fraction of sp³-hybridized carbons (Fsp3) is 0.611. The Hall–Kier alpha value is -1.55. The molecular weight excluding hydrogens is 278 g/mol. The van der Waals surface area contributed by atoms with Crippen LogP contribution in [0.15, 0.2) is 18.2 Å². The highest BCUT2D eigenvalue weighted by Gasteiger charge is 2.18. The van der Waals surface area contributed by atoms with E-state index in [2.05, 4.69) is 31.7 Å². The molecule has 0 saturated carbocycles. The number of hydrogen-bond donors (Lipinski definition) is 0. The zero-order valence-corrected chi connectivity index (χ0v) is 13.9. The molecule has 0 aromatic heterocycles. The SMILES string of the molecule is CC(C)(C)c1ccc(OCC(=O)[O-])c(CN2CCCCC2)c1. The Bertz CT molecular complexity index is 514. The lowest BCUT2D eigenvalue weighted by Gasteiger charge is -2.28. The van der Waals surface area contributed by atoms with Crippen LogP contribution in [-0.4, -0.2) is 30.6 Å². The maximum absolute atomic E-state index is 10.7. The van der Waals surface area contributed by atoms with Gasteiger partial charge in [-0.25, -0.2) is 0 Å². The summed E-state index contributed by atoms with van der Waals surface area (Å²) in [5.74, 6) is -0.536. The van der Waals surface area contributed by atoms with Crippen molar-refractivity contribution in [2.24, 2.45) is 0 Å². The molecule has 2 rings (SSSR count). The van der Waals surface area contributed by atoms with E-state index in [1.807, 2.05) is 12.1 Å². The normalized spacial score (nSPS) is 16.5. The molecule has 1 aliphatic rings. The van der Waals surface area contributed by atoms with Crippen LogP contribution in [0.3, 0.4) is 0 Å². The van der Waals surface area contributed by atoms with E-state index in [9.17, 15) is 9.90 Å². The summed E-state index contributed by atoms with van der Waals surface area (Å²) in [6.07, 6.45) is 3.76. The summed E-state index contributed by atoms with van der Waals surface area (Å²) in [6, 6.07) is 6.06. The van der Waals surface area contributed by atoms with Gasteiger partial charge in [-0.05, 0) is 43.0 Å². The van der Waals surface area contributed by atoms with Gasteiger partial charge in [-0.3, -0.25) is 4.90 Å². The van der Waals surface area contributed by atoms with Gasteiger partial charge in [0, 0.05) is 12.1 Å². The van der Waals surface area contributed by atoms with Gasteiger partial charge >= 0.3 is 0 Å². The fourth-order valence-electron chi connectivity index (χ4n) is 2.81. The van der Waals surface area contributed by atoms with Gasteiger partial charge < -0.3 is 14.6 Å². The summed E-state index contributed by atoms with van der Waals surface area (Å²) in [5, 5.41) is 10.7. The van der Waals surface area contributed by atoms with Crippen molar-refractivity contribution in [3.8, 4) is 5.75 Å². The largest absolute Gasteiger partial charge is 0.546 e. The van der Waals surface area contributed by atoms with Crippen LogP contribution in [0.25, 0.3) is 0 Å². The Morgan fingerprint density at radius 2 is 1.91 bits per heavy atom. The van der Waals surface area contributed by atoms with Crippen molar-refractivity contribution >= 4 is 5.97 Å². The highest BCUT2D eigenvalue weighted by atomic mass is 16.5. The number of ether oxygens (including phenoxy) is 1. The Labute approximate surface area is 133 Å². The number of likely N-dealkylation sites (tertiary alicyclic amines) is 1. The third-order valence-electron chi connectivity index (χ3n) is 4.11. The molecule has 0 spiro atoms. The standard InChI is InChI=1S/C18H27NO3/c1-18(2,3)15-7-8-16(22-13-17(20)21)14(11-15)12-19-9-5-4-6-10-19/h7-8,11H,4-6,9-10,12-13H2,1-3H3,(H,20,21)/p-1. The van der Waals surface area contributed by atoms with E-state index in [4.69, 9.17) is 4.74 Å². The van der Waals surface area contributed by atoms with Crippen LogP contribution in [0, 0.1) is 0 Å². The van der Waals surface area contributed by atoms with E-state index in [1.165, 1.54) is 24.8 Å². The molecule has 1 aliphatic heterocycles. The maximum Gasteiger partial charge on any atom is 0.128 e. The predicted octanol–water partition coefficient (Wildman–Crippen LogP) is 2.10. The minimum atomic E-state index is -1.19. The van der Waals surface area contributed by atoms with Gasteiger partial charge in [0.05, 0.1) is 5.97 Å². The molecule has 0 aliphatic carbocycles. The van der Waals surface area contributed by atoms with Crippen molar-refractivity contribution < 1.29 is 14.6 Å². The first kappa shape index (κ1) is 16.8. The Balaban J connectivity index is 2.21. The number of aliphatic carboxylic acids is 1. The molecule has 1 saturated heterocycles. The molecular formula is C18H26NO3-. The molecule has 0 radical (unpaired) electrons. The molecule has 1 aromatic rings. The van der Waals surface area contributed by atoms with E-state index in [0.29, 0.717) is 5.75 Å². The molecule has 22 heavy (non-hydrogen) atoms. The van der Waals surface area contributed by atoms with E-state index in [-0.39, 0.29) is 5.41 Å². The average Bonchev–Trinajstić information content (AvgIpc) is 2.46. The van der Waals surface area contributed by atoms with Gasteiger partial charge in [0.25, 0.3) is 0 Å². The van der Waals surface area contributed by atoms with Gasteiger partial charge in [0.15, 0.2) is 0 Å².